The first kappa shape index (κ1) is 29.2. The summed E-state index contributed by atoms with van der Waals surface area (Å²) in [6.07, 6.45) is 1.48. The number of pyridine rings is 1. The van der Waals surface area contributed by atoms with Gasteiger partial charge in [0.15, 0.2) is 0 Å². The zero-order valence-electron chi connectivity index (χ0n) is 24.8. The summed E-state index contributed by atoms with van der Waals surface area (Å²) in [6.45, 7) is 3.61. The van der Waals surface area contributed by atoms with Crippen molar-refractivity contribution in [3.63, 3.8) is 0 Å². The van der Waals surface area contributed by atoms with Crippen LogP contribution in [0.2, 0.25) is 0 Å². The molecule has 1 aromatic carbocycles. The third-order valence-electron chi connectivity index (χ3n) is 10.8. The second-order valence-electron chi connectivity index (χ2n) is 13.5. The lowest BCUT2D eigenvalue weighted by molar-refractivity contribution is -0.145. The van der Waals surface area contributed by atoms with Gasteiger partial charge in [-0.05, 0) is 74.1 Å². The highest BCUT2D eigenvalue weighted by Crippen LogP contribution is 2.60. The second kappa shape index (κ2) is 11.1. The highest BCUT2D eigenvalue weighted by Gasteiger charge is 2.58. The number of carbonyl (C=O) groups excluding carboxylic acids is 2. The van der Waals surface area contributed by atoms with Crippen LogP contribution in [0.5, 0.6) is 0 Å². The molecule has 236 valence electrons. The van der Waals surface area contributed by atoms with Crippen LogP contribution in [0.1, 0.15) is 38.5 Å². The zero-order chi connectivity index (χ0) is 30.6. The third-order valence-corrected chi connectivity index (χ3v) is 10.8. The maximum atomic E-state index is 13.8. The molecule has 0 radical (unpaired) electrons. The lowest BCUT2D eigenvalue weighted by Gasteiger charge is -2.59. The number of hydrogen-bond donors (Lipinski definition) is 2. The molecular weight excluding hydrogens is 571 g/mol. The lowest BCUT2D eigenvalue weighted by Crippen LogP contribution is -2.63. The van der Waals surface area contributed by atoms with Gasteiger partial charge in [-0.15, -0.1) is 0 Å². The second-order valence-corrected chi connectivity index (χ2v) is 13.5. The molecule has 4 bridgehead atoms. The number of nitrogens with zero attached hydrogens (tertiary/aromatic N) is 5. The van der Waals surface area contributed by atoms with Crippen LogP contribution in [0.25, 0.3) is 0 Å². The SMILES string of the molecule is NC(=O)C12CC3CC(C1)C(NC(=O)N1CCN(c4ccc(N5CCN(CCC(F)(F)F)CC5)cn4)c4ccccc41)C(C3)C2. The molecule has 2 unspecified atom stereocenters. The summed E-state index contributed by atoms with van der Waals surface area (Å²) in [5.41, 5.74) is 8.16. The van der Waals surface area contributed by atoms with E-state index in [9.17, 15) is 22.8 Å². The minimum atomic E-state index is -4.13. The molecule has 3 amide bonds. The van der Waals surface area contributed by atoms with E-state index in [1.165, 1.54) is 0 Å². The van der Waals surface area contributed by atoms with E-state index >= 15 is 0 Å². The Morgan fingerprint density at radius 2 is 1.64 bits per heavy atom. The number of alkyl halides is 3. The number of benzene rings is 1. The molecule has 1 saturated heterocycles. The number of primary amides is 1. The van der Waals surface area contributed by atoms with E-state index in [-0.39, 0.29) is 29.9 Å². The van der Waals surface area contributed by atoms with Crippen molar-refractivity contribution >= 4 is 34.8 Å². The highest BCUT2D eigenvalue weighted by atomic mass is 19.4. The van der Waals surface area contributed by atoms with Crippen molar-refractivity contribution < 1.29 is 22.8 Å². The molecule has 0 spiro atoms. The van der Waals surface area contributed by atoms with Gasteiger partial charge >= 0.3 is 12.2 Å². The van der Waals surface area contributed by atoms with Gasteiger partial charge in [0.25, 0.3) is 0 Å². The van der Waals surface area contributed by atoms with Gasteiger partial charge in [0.2, 0.25) is 5.91 Å². The monoisotopic (exact) mass is 611 g/mol. The maximum Gasteiger partial charge on any atom is 0.390 e. The predicted molar refractivity (Wildman–Crippen MR) is 162 cm³/mol. The van der Waals surface area contributed by atoms with E-state index in [2.05, 4.69) is 15.1 Å². The van der Waals surface area contributed by atoms with Crippen LogP contribution in [-0.2, 0) is 4.79 Å². The molecular formula is C32H40F3N7O2. The quantitative estimate of drug-likeness (QED) is 0.499. The number of piperazine rings is 1. The molecule has 2 atom stereocenters. The fourth-order valence-electron chi connectivity index (χ4n) is 8.83. The number of nitrogens with two attached hydrogens (primary N) is 1. The van der Waals surface area contributed by atoms with Crippen molar-refractivity contribution in [2.45, 2.75) is 50.7 Å². The Morgan fingerprint density at radius 3 is 2.27 bits per heavy atom. The molecule has 2 aliphatic heterocycles. The van der Waals surface area contributed by atoms with Crippen molar-refractivity contribution in [3.05, 3.63) is 42.6 Å². The summed E-state index contributed by atoms with van der Waals surface area (Å²) >= 11 is 0. The number of hydrogen-bond acceptors (Lipinski definition) is 6. The predicted octanol–water partition coefficient (Wildman–Crippen LogP) is 4.50. The number of nitrogens with one attached hydrogen (secondary N) is 1. The molecule has 4 saturated carbocycles. The van der Waals surface area contributed by atoms with E-state index < -0.39 is 12.6 Å². The number of amides is 3. The van der Waals surface area contributed by atoms with Crippen LogP contribution in [0.3, 0.4) is 0 Å². The minimum absolute atomic E-state index is 0.0379. The van der Waals surface area contributed by atoms with Crippen LogP contribution in [0.4, 0.5) is 40.8 Å². The third kappa shape index (κ3) is 5.46. The van der Waals surface area contributed by atoms with Crippen molar-refractivity contribution in [1.82, 2.24) is 15.2 Å². The lowest BCUT2D eigenvalue weighted by atomic mass is 9.47. The number of halogens is 3. The maximum absolute atomic E-state index is 13.8. The van der Waals surface area contributed by atoms with E-state index in [0.29, 0.717) is 57.0 Å². The number of aromatic nitrogens is 1. The molecule has 12 heteroatoms. The van der Waals surface area contributed by atoms with Gasteiger partial charge in [0, 0.05) is 57.3 Å². The fraction of sp³-hybridized carbons (Fsp3) is 0.594. The Bertz CT molecular complexity index is 1380. The molecule has 6 aliphatic rings. The summed E-state index contributed by atoms with van der Waals surface area (Å²) in [4.78, 5) is 38.9. The Balaban J connectivity index is 1.00. The van der Waals surface area contributed by atoms with Crippen LogP contribution < -0.4 is 25.8 Å². The molecule has 1 aromatic heterocycles. The standard InChI is InChI=1S/C32H40F3N7O2/c33-32(34,35)7-8-39-9-11-40(12-10-39)24-5-6-27(37-20-24)41-13-14-42(26-4-2-1-3-25(26)41)30(44)38-28-22-15-21-16-23(28)19-31(17-21,18-22)29(36)43/h1-6,20-23,28H,7-19H2,(H2,36,43)(H,38,44). The Kier molecular flexibility index (Phi) is 7.37. The van der Waals surface area contributed by atoms with Crippen LogP contribution in [0.15, 0.2) is 42.6 Å². The minimum Gasteiger partial charge on any atom is -0.369 e. The van der Waals surface area contributed by atoms with Crippen LogP contribution in [-0.4, -0.2) is 79.9 Å². The van der Waals surface area contributed by atoms with Crippen LogP contribution in [0, 0.1) is 23.2 Å². The average molecular weight is 612 g/mol. The van der Waals surface area contributed by atoms with Gasteiger partial charge in [0.1, 0.15) is 5.82 Å². The fourth-order valence-corrected chi connectivity index (χ4v) is 8.83. The summed E-state index contributed by atoms with van der Waals surface area (Å²) in [7, 11) is 0. The summed E-state index contributed by atoms with van der Waals surface area (Å²) in [6, 6.07) is 11.8. The first-order valence-electron chi connectivity index (χ1n) is 15.8. The summed E-state index contributed by atoms with van der Waals surface area (Å²) in [5.74, 6) is 1.72. The Morgan fingerprint density at radius 1 is 0.932 bits per heavy atom. The molecule has 5 fully saturated rings. The highest BCUT2D eigenvalue weighted by molar-refractivity contribution is 5.98. The smallest absolute Gasteiger partial charge is 0.369 e. The Hall–Kier alpha value is -3.54. The van der Waals surface area contributed by atoms with Crippen molar-refractivity contribution in [2.75, 3.05) is 60.5 Å². The topological polar surface area (TPSA) is 98.0 Å². The number of fused-ring (bicyclic) bond motifs is 1. The molecule has 9 nitrogen and oxygen atoms in total. The summed E-state index contributed by atoms with van der Waals surface area (Å²) < 4.78 is 37.8. The van der Waals surface area contributed by atoms with Crippen LogP contribution >= 0.6 is 0 Å². The normalized spacial score (nSPS) is 29.9. The van der Waals surface area contributed by atoms with Crippen molar-refractivity contribution in [2.24, 2.45) is 28.9 Å². The van der Waals surface area contributed by atoms with E-state index in [1.54, 1.807) is 0 Å². The van der Waals surface area contributed by atoms with Gasteiger partial charge in [-0.1, -0.05) is 12.1 Å². The Labute approximate surface area is 255 Å². The average Bonchev–Trinajstić information content (AvgIpc) is 3.01. The first-order chi connectivity index (χ1) is 21.1. The zero-order valence-corrected chi connectivity index (χ0v) is 24.8. The van der Waals surface area contributed by atoms with Gasteiger partial charge in [-0.2, -0.15) is 13.2 Å². The largest absolute Gasteiger partial charge is 0.390 e. The van der Waals surface area contributed by atoms with E-state index in [1.807, 2.05) is 52.4 Å². The van der Waals surface area contributed by atoms with Gasteiger partial charge in [0.05, 0.1) is 29.7 Å². The van der Waals surface area contributed by atoms with Gasteiger partial charge in [-0.3, -0.25) is 14.6 Å². The van der Waals surface area contributed by atoms with E-state index in [4.69, 9.17) is 10.7 Å². The first-order valence-corrected chi connectivity index (χ1v) is 15.8. The molecule has 2 aromatic rings. The molecule has 4 aliphatic carbocycles. The molecule has 3 N–H and O–H groups in total. The van der Waals surface area contributed by atoms with Crippen molar-refractivity contribution in [1.29, 1.82) is 0 Å². The van der Waals surface area contributed by atoms with Crippen molar-refractivity contribution in [3.8, 4) is 0 Å². The number of carbonyl (C=O) groups is 2. The van der Waals surface area contributed by atoms with Gasteiger partial charge in [-0.25, -0.2) is 9.78 Å². The van der Waals surface area contributed by atoms with Gasteiger partial charge < -0.3 is 20.9 Å². The number of anilines is 4. The van der Waals surface area contributed by atoms with E-state index in [0.717, 1.165) is 55.0 Å². The number of urea groups is 1. The summed E-state index contributed by atoms with van der Waals surface area (Å²) in [5, 5.41) is 3.38. The molecule has 3 heterocycles. The molecule has 8 rings (SSSR count). The molecule has 44 heavy (non-hydrogen) atoms. The number of rotatable bonds is 6. The number of para-hydroxylation sites is 2.